The van der Waals surface area contributed by atoms with E-state index in [9.17, 15) is 4.79 Å². The zero-order valence-electron chi connectivity index (χ0n) is 10.4. The van der Waals surface area contributed by atoms with Gasteiger partial charge in [0.05, 0.1) is 0 Å². The molecule has 0 aromatic heterocycles. The summed E-state index contributed by atoms with van der Waals surface area (Å²) in [5.74, 6) is 0.939. The third kappa shape index (κ3) is 4.47. The largest absolute Gasteiger partial charge is 0.356 e. The van der Waals surface area contributed by atoms with Crippen LogP contribution in [0.2, 0.25) is 0 Å². The Labute approximate surface area is 98.1 Å². The summed E-state index contributed by atoms with van der Waals surface area (Å²) in [6.07, 6.45) is 0.566. The van der Waals surface area contributed by atoms with Gasteiger partial charge in [-0.1, -0.05) is 51.1 Å². The SMILES string of the molecule is CC(C)CNC(=O)CC(C)c1ccccc1. The summed E-state index contributed by atoms with van der Waals surface area (Å²) in [5.41, 5.74) is 1.22. The van der Waals surface area contributed by atoms with E-state index in [-0.39, 0.29) is 11.8 Å². The number of benzene rings is 1. The molecule has 2 heteroatoms. The topological polar surface area (TPSA) is 29.1 Å². The van der Waals surface area contributed by atoms with Crippen molar-refractivity contribution >= 4 is 5.91 Å². The molecule has 2 nitrogen and oxygen atoms in total. The number of amides is 1. The van der Waals surface area contributed by atoms with Crippen molar-refractivity contribution in [1.29, 1.82) is 0 Å². The Morgan fingerprint density at radius 1 is 1.19 bits per heavy atom. The normalized spacial score (nSPS) is 12.5. The van der Waals surface area contributed by atoms with Gasteiger partial charge >= 0.3 is 0 Å². The van der Waals surface area contributed by atoms with Crippen molar-refractivity contribution in [1.82, 2.24) is 5.32 Å². The highest BCUT2D eigenvalue weighted by Gasteiger charge is 2.10. The number of carbonyl (C=O) groups excluding carboxylic acids is 1. The first-order valence-electron chi connectivity index (χ1n) is 5.91. The summed E-state index contributed by atoms with van der Waals surface area (Å²) in [6.45, 7) is 7.05. The molecule has 1 N–H and O–H groups in total. The molecule has 88 valence electrons. The van der Waals surface area contributed by atoms with Crippen molar-refractivity contribution in [2.75, 3.05) is 6.54 Å². The molecule has 0 aliphatic carbocycles. The van der Waals surface area contributed by atoms with Crippen molar-refractivity contribution in [3.8, 4) is 0 Å². The zero-order valence-corrected chi connectivity index (χ0v) is 10.4. The van der Waals surface area contributed by atoms with Crippen LogP contribution >= 0.6 is 0 Å². The van der Waals surface area contributed by atoms with Gasteiger partial charge in [0.1, 0.15) is 0 Å². The van der Waals surface area contributed by atoms with Crippen LogP contribution in [0.5, 0.6) is 0 Å². The van der Waals surface area contributed by atoms with Gasteiger partial charge in [0.15, 0.2) is 0 Å². The molecule has 0 saturated carbocycles. The maximum atomic E-state index is 11.6. The van der Waals surface area contributed by atoms with Gasteiger partial charge < -0.3 is 5.32 Å². The highest BCUT2D eigenvalue weighted by molar-refractivity contribution is 5.76. The van der Waals surface area contributed by atoms with E-state index in [1.54, 1.807) is 0 Å². The van der Waals surface area contributed by atoms with Gasteiger partial charge in [-0.05, 0) is 17.4 Å². The zero-order chi connectivity index (χ0) is 12.0. The highest BCUT2D eigenvalue weighted by atomic mass is 16.1. The molecule has 0 radical (unpaired) electrons. The van der Waals surface area contributed by atoms with E-state index < -0.39 is 0 Å². The molecule has 1 atom stereocenters. The minimum atomic E-state index is 0.144. The van der Waals surface area contributed by atoms with Crippen molar-refractivity contribution in [2.24, 2.45) is 5.92 Å². The lowest BCUT2D eigenvalue weighted by atomic mass is 9.97. The maximum Gasteiger partial charge on any atom is 0.220 e. The fourth-order valence-corrected chi connectivity index (χ4v) is 1.57. The first-order valence-corrected chi connectivity index (χ1v) is 5.91. The Morgan fingerprint density at radius 2 is 1.81 bits per heavy atom. The molecule has 1 amide bonds. The van der Waals surface area contributed by atoms with Crippen molar-refractivity contribution in [3.63, 3.8) is 0 Å². The Hall–Kier alpha value is -1.31. The van der Waals surface area contributed by atoms with Crippen molar-refractivity contribution in [3.05, 3.63) is 35.9 Å². The van der Waals surface area contributed by atoms with E-state index in [0.29, 0.717) is 12.3 Å². The van der Waals surface area contributed by atoms with E-state index in [2.05, 4.69) is 38.2 Å². The molecule has 1 rings (SSSR count). The first-order chi connectivity index (χ1) is 7.59. The predicted octanol–water partition coefficient (Wildman–Crippen LogP) is 2.95. The number of carbonyl (C=O) groups is 1. The average Bonchev–Trinajstić information content (AvgIpc) is 2.27. The Balaban J connectivity index is 2.40. The van der Waals surface area contributed by atoms with Gasteiger partial charge in [-0.3, -0.25) is 4.79 Å². The molecule has 16 heavy (non-hydrogen) atoms. The third-order valence-electron chi connectivity index (χ3n) is 2.57. The van der Waals surface area contributed by atoms with Gasteiger partial charge in [0.25, 0.3) is 0 Å². The third-order valence-corrected chi connectivity index (χ3v) is 2.57. The van der Waals surface area contributed by atoms with Gasteiger partial charge in [-0.2, -0.15) is 0 Å². The van der Waals surface area contributed by atoms with Crippen LogP contribution in [-0.2, 0) is 4.79 Å². The van der Waals surface area contributed by atoms with Crippen LogP contribution < -0.4 is 5.32 Å². The highest BCUT2D eigenvalue weighted by Crippen LogP contribution is 2.17. The number of rotatable bonds is 5. The minimum absolute atomic E-state index is 0.144. The monoisotopic (exact) mass is 219 g/mol. The predicted molar refractivity (Wildman–Crippen MR) is 67.3 cm³/mol. The van der Waals surface area contributed by atoms with Gasteiger partial charge in [-0.15, -0.1) is 0 Å². The Bertz CT molecular complexity index is 319. The summed E-state index contributed by atoms with van der Waals surface area (Å²) >= 11 is 0. The van der Waals surface area contributed by atoms with Gasteiger partial charge in [0, 0.05) is 13.0 Å². The van der Waals surface area contributed by atoms with Gasteiger partial charge in [0.2, 0.25) is 5.91 Å². The molecular weight excluding hydrogens is 198 g/mol. The second kappa shape index (κ2) is 6.31. The maximum absolute atomic E-state index is 11.6. The number of hydrogen-bond acceptors (Lipinski definition) is 1. The Kier molecular flexibility index (Phi) is 5.03. The first kappa shape index (κ1) is 12.8. The van der Waals surface area contributed by atoms with E-state index in [0.717, 1.165) is 6.54 Å². The lowest BCUT2D eigenvalue weighted by Gasteiger charge is -2.12. The van der Waals surface area contributed by atoms with Crippen LogP contribution in [0.25, 0.3) is 0 Å². The van der Waals surface area contributed by atoms with E-state index in [4.69, 9.17) is 0 Å². The minimum Gasteiger partial charge on any atom is -0.356 e. The molecule has 0 aliphatic heterocycles. The molecule has 1 aromatic carbocycles. The summed E-state index contributed by atoms with van der Waals surface area (Å²) in [4.78, 5) is 11.6. The van der Waals surface area contributed by atoms with Crippen molar-refractivity contribution in [2.45, 2.75) is 33.1 Å². The molecule has 0 spiro atoms. The lowest BCUT2D eigenvalue weighted by molar-refractivity contribution is -0.121. The summed E-state index contributed by atoms with van der Waals surface area (Å²) in [7, 11) is 0. The van der Waals surface area contributed by atoms with Crippen LogP contribution in [-0.4, -0.2) is 12.5 Å². The summed E-state index contributed by atoms with van der Waals surface area (Å²) < 4.78 is 0. The summed E-state index contributed by atoms with van der Waals surface area (Å²) in [5, 5.41) is 2.94. The second-order valence-electron chi connectivity index (χ2n) is 4.71. The fraction of sp³-hybridized carbons (Fsp3) is 0.500. The van der Waals surface area contributed by atoms with Crippen LogP contribution in [0.15, 0.2) is 30.3 Å². The van der Waals surface area contributed by atoms with Crippen LogP contribution in [0.4, 0.5) is 0 Å². The van der Waals surface area contributed by atoms with Crippen LogP contribution in [0.1, 0.15) is 38.7 Å². The molecule has 1 aromatic rings. The number of nitrogens with one attached hydrogen (secondary N) is 1. The number of hydrogen-bond donors (Lipinski definition) is 1. The quantitative estimate of drug-likeness (QED) is 0.810. The van der Waals surface area contributed by atoms with Crippen LogP contribution in [0, 0.1) is 5.92 Å². The second-order valence-corrected chi connectivity index (χ2v) is 4.71. The molecule has 0 aliphatic rings. The molecule has 1 unspecified atom stereocenters. The lowest BCUT2D eigenvalue weighted by Crippen LogP contribution is -2.28. The smallest absolute Gasteiger partial charge is 0.220 e. The molecule has 0 fully saturated rings. The fourth-order valence-electron chi connectivity index (χ4n) is 1.57. The van der Waals surface area contributed by atoms with E-state index in [1.807, 2.05) is 18.2 Å². The van der Waals surface area contributed by atoms with Crippen LogP contribution in [0.3, 0.4) is 0 Å². The summed E-state index contributed by atoms with van der Waals surface area (Å²) in [6, 6.07) is 10.2. The molecule has 0 saturated heterocycles. The standard InChI is InChI=1S/C14H21NO/c1-11(2)10-15-14(16)9-12(3)13-7-5-4-6-8-13/h4-8,11-12H,9-10H2,1-3H3,(H,15,16). The van der Waals surface area contributed by atoms with Gasteiger partial charge in [-0.25, -0.2) is 0 Å². The Morgan fingerprint density at radius 3 is 2.38 bits per heavy atom. The van der Waals surface area contributed by atoms with E-state index in [1.165, 1.54) is 5.56 Å². The van der Waals surface area contributed by atoms with Crippen molar-refractivity contribution < 1.29 is 4.79 Å². The average molecular weight is 219 g/mol. The molecule has 0 heterocycles. The molecular formula is C14H21NO. The van der Waals surface area contributed by atoms with E-state index >= 15 is 0 Å². The molecule has 0 bridgehead atoms.